The summed E-state index contributed by atoms with van der Waals surface area (Å²) in [7, 11) is 0. The molecule has 0 aliphatic carbocycles. The van der Waals surface area contributed by atoms with E-state index >= 15 is 0 Å². The van der Waals surface area contributed by atoms with Crippen LogP contribution in [0.5, 0.6) is 0 Å². The first kappa shape index (κ1) is 12.5. The second kappa shape index (κ2) is 5.60. The second-order valence-corrected chi connectivity index (χ2v) is 4.76. The van der Waals surface area contributed by atoms with Crippen molar-refractivity contribution in [3.8, 4) is 0 Å². The Hall–Kier alpha value is -0.940. The maximum absolute atomic E-state index is 12.0. The number of pyridine rings is 1. The molecule has 1 aliphatic rings. The van der Waals surface area contributed by atoms with E-state index in [1.807, 2.05) is 6.07 Å². The number of hydrogen-bond donors (Lipinski definition) is 1. The quantitative estimate of drug-likeness (QED) is 0.865. The molecule has 1 N–H and O–H groups in total. The highest BCUT2D eigenvalue weighted by molar-refractivity contribution is 9.09. The van der Waals surface area contributed by atoms with Crippen molar-refractivity contribution >= 4 is 21.8 Å². The van der Waals surface area contributed by atoms with E-state index in [-0.39, 0.29) is 11.4 Å². The van der Waals surface area contributed by atoms with Gasteiger partial charge in [-0.2, -0.15) is 0 Å². The number of carbonyl (C=O) groups is 1. The highest BCUT2D eigenvalue weighted by Gasteiger charge is 2.33. The van der Waals surface area contributed by atoms with Gasteiger partial charge in [0.25, 0.3) is 5.91 Å². The molecule has 0 unspecified atom stereocenters. The molecule has 2 rings (SSSR count). The zero-order chi connectivity index (χ0) is 12.1. The van der Waals surface area contributed by atoms with Crippen molar-refractivity contribution in [2.75, 3.05) is 18.5 Å². The molecule has 4 nitrogen and oxygen atoms in total. The second-order valence-electron chi connectivity index (χ2n) is 4.20. The van der Waals surface area contributed by atoms with Gasteiger partial charge in [0.15, 0.2) is 0 Å². The Kier molecular flexibility index (Phi) is 4.12. The van der Waals surface area contributed by atoms with E-state index in [9.17, 15) is 4.79 Å². The molecule has 92 valence electrons. The van der Waals surface area contributed by atoms with Gasteiger partial charge in [-0.15, -0.1) is 0 Å². The van der Waals surface area contributed by atoms with Gasteiger partial charge in [-0.25, -0.2) is 0 Å². The molecule has 0 spiro atoms. The number of ether oxygens (including phenoxy) is 1. The third-order valence-electron chi connectivity index (χ3n) is 2.98. The lowest BCUT2D eigenvalue weighted by atomic mass is 9.92. The Bertz CT molecular complexity index is 377. The third-order valence-corrected chi connectivity index (χ3v) is 4.06. The van der Waals surface area contributed by atoms with Crippen LogP contribution in [0.1, 0.15) is 23.3 Å². The van der Waals surface area contributed by atoms with Crippen LogP contribution in [0.25, 0.3) is 0 Å². The van der Waals surface area contributed by atoms with Gasteiger partial charge in [0, 0.05) is 24.7 Å². The molecule has 1 aromatic rings. The van der Waals surface area contributed by atoms with Gasteiger partial charge >= 0.3 is 0 Å². The number of halogens is 1. The Morgan fingerprint density at radius 1 is 1.47 bits per heavy atom. The largest absolute Gasteiger partial charge is 0.381 e. The molecule has 1 amide bonds. The summed E-state index contributed by atoms with van der Waals surface area (Å²) in [4.78, 5) is 16.1. The fourth-order valence-electron chi connectivity index (χ4n) is 1.86. The van der Waals surface area contributed by atoms with Gasteiger partial charge in [0.2, 0.25) is 0 Å². The molecule has 1 aliphatic heterocycles. The van der Waals surface area contributed by atoms with Crippen LogP contribution in [0.2, 0.25) is 0 Å². The zero-order valence-electron chi connectivity index (χ0n) is 9.49. The minimum Gasteiger partial charge on any atom is -0.381 e. The van der Waals surface area contributed by atoms with E-state index in [0.717, 1.165) is 18.2 Å². The van der Waals surface area contributed by atoms with Crippen LogP contribution < -0.4 is 5.32 Å². The number of aromatic nitrogens is 1. The normalized spacial score (nSPS) is 18.6. The number of hydrogen-bond acceptors (Lipinski definition) is 3. The summed E-state index contributed by atoms with van der Waals surface area (Å²) < 4.78 is 5.33. The van der Waals surface area contributed by atoms with E-state index in [0.29, 0.717) is 18.9 Å². The summed E-state index contributed by atoms with van der Waals surface area (Å²) in [5.74, 6) is -0.119. The van der Waals surface area contributed by atoms with Crippen LogP contribution in [0.15, 0.2) is 24.4 Å². The van der Waals surface area contributed by atoms with Crippen molar-refractivity contribution in [1.82, 2.24) is 10.3 Å². The van der Waals surface area contributed by atoms with Crippen LogP contribution in [-0.2, 0) is 4.74 Å². The van der Waals surface area contributed by atoms with Crippen molar-refractivity contribution in [3.05, 3.63) is 30.1 Å². The maximum atomic E-state index is 12.0. The molecule has 0 atom stereocenters. The third kappa shape index (κ3) is 3.04. The highest BCUT2D eigenvalue weighted by atomic mass is 79.9. The molecule has 2 heterocycles. The number of alkyl halides is 1. The van der Waals surface area contributed by atoms with E-state index < -0.39 is 0 Å². The fourth-order valence-corrected chi connectivity index (χ4v) is 2.56. The molecule has 17 heavy (non-hydrogen) atoms. The summed E-state index contributed by atoms with van der Waals surface area (Å²) >= 11 is 3.48. The standard InChI is InChI=1S/C12H15BrN2O2/c13-9-12(4-7-17-8-5-12)15-11(16)10-3-1-2-6-14-10/h1-3,6H,4-5,7-9H2,(H,15,16). The minimum atomic E-state index is -0.202. The lowest BCUT2D eigenvalue weighted by Crippen LogP contribution is -2.53. The van der Waals surface area contributed by atoms with Gasteiger partial charge in [0.1, 0.15) is 5.69 Å². The lowest BCUT2D eigenvalue weighted by Gasteiger charge is -2.36. The van der Waals surface area contributed by atoms with Crippen LogP contribution in [0.4, 0.5) is 0 Å². The summed E-state index contributed by atoms with van der Waals surface area (Å²) in [6, 6.07) is 5.33. The topological polar surface area (TPSA) is 51.2 Å². The van der Waals surface area contributed by atoms with Crippen LogP contribution in [0.3, 0.4) is 0 Å². The zero-order valence-corrected chi connectivity index (χ0v) is 11.1. The van der Waals surface area contributed by atoms with Crippen LogP contribution in [0, 0.1) is 0 Å². The number of amides is 1. The number of nitrogens with one attached hydrogen (secondary N) is 1. The Balaban J connectivity index is 2.06. The molecular formula is C12H15BrN2O2. The van der Waals surface area contributed by atoms with E-state index in [1.165, 1.54) is 0 Å². The van der Waals surface area contributed by atoms with Crippen molar-refractivity contribution < 1.29 is 9.53 Å². The predicted octanol–water partition coefficient (Wildman–Crippen LogP) is 1.76. The van der Waals surface area contributed by atoms with E-state index in [4.69, 9.17) is 4.74 Å². The van der Waals surface area contributed by atoms with Gasteiger partial charge in [0.05, 0.1) is 5.54 Å². The Morgan fingerprint density at radius 2 is 2.24 bits per heavy atom. The monoisotopic (exact) mass is 298 g/mol. The van der Waals surface area contributed by atoms with Crippen molar-refractivity contribution in [1.29, 1.82) is 0 Å². The Morgan fingerprint density at radius 3 is 2.82 bits per heavy atom. The molecule has 1 fully saturated rings. The molecule has 0 aromatic carbocycles. The van der Waals surface area contributed by atoms with Gasteiger partial charge in [-0.1, -0.05) is 22.0 Å². The van der Waals surface area contributed by atoms with Crippen LogP contribution in [-0.4, -0.2) is 35.0 Å². The SMILES string of the molecule is O=C(NC1(CBr)CCOCC1)c1ccccn1. The fraction of sp³-hybridized carbons (Fsp3) is 0.500. The summed E-state index contributed by atoms with van der Waals surface area (Å²) in [5, 5.41) is 3.81. The molecule has 1 saturated heterocycles. The lowest BCUT2D eigenvalue weighted by molar-refractivity contribution is 0.0440. The minimum absolute atomic E-state index is 0.119. The first-order valence-electron chi connectivity index (χ1n) is 5.63. The van der Waals surface area contributed by atoms with Gasteiger partial charge < -0.3 is 10.1 Å². The van der Waals surface area contributed by atoms with Gasteiger partial charge in [-0.05, 0) is 25.0 Å². The van der Waals surface area contributed by atoms with Crippen molar-refractivity contribution in [3.63, 3.8) is 0 Å². The summed E-state index contributed by atoms with van der Waals surface area (Å²) in [5.41, 5.74) is 0.256. The van der Waals surface area contributed by atoms with E-state index in [2.05, 4.69) is 26.2 Å². The maximum Gasteiger partial charge on any atom is 0.270 e. The summed E-state index contributed by atoms with van der Waals surface area (Å²) in [6.07, 6.45) is 3.29. The van der Waals surface area contributed by atoms with Crippen molar-refractivity contribution in [2.24, 2.45) is 0 Å². The van der Waals surface area contributed by atoms with E-state index in [1.54, 1.807) is 18.3 Å². The average molecular weight is 299 g/mol. The Labute approximate surface area is 109 Å². The molecular weight excluding hydrogens is 284 g/mol. The van der Waals surface area contributed by atoms with Gasteiger partial charge in [-0.3, -0.25) is 9.78 Å². The molecule has 5 heteroatoms. The number of nitrogens with zero attached hydrogens (tertiary/aromatic N) is 1. The smallest absolute Gasteiger partial charge is 0.270 e. The average Bonchev–Trinajstić information content (AvgIpc) is 2.41. The summed E-state index contributed by atoms with van der Waals surface area (Å²) in [6.45, 7) is 1.38. The first-order valence-corrected chi connectivity index (χ1v) is 6.75. The van der Waals surface area contributed by atoms with Crippen LogP contribution >= 0.6 is 15.9 Å². The first-order chi connectivity index (χ1) is 8.26. The molecule has 1 aromatic heterocycles. The highest BCUT2D eigenvalue weighted by Crippen LogP contribution is 2.23. The molecule has 0 saturated carbocycles. The number of rotatable bonds is 3. The number of carbonyl (C=O) groups excluding carboxylic acids is 1. The molecule has 0 bridgehead atoms. The molecule has 0 radical (unpaired) electrons. The predicted molar refractivity (Wildman–Crippen MR) is 68.3 cm³/mol. The van der Waals surface area contributed by atoms with Crippen molar-refractivity contribution in [2.45, 2.75) is 18.4 Å².